The van der Waals surface area contributed by atoms with E-state index in [0.717, 1.165) is 24.3 Å². The fourth-order valence-corrected chi connectivity index (χ4v) is 3.48. The lowest BCUT2D eigenvalue weighted by Crippen LogP contribution is -2.50. The zero-order valence-electron chi connectivity index (χ0n) is 17.6. The fourth-order valence-electron chi connectivity index (χ4n) is 3.48. The molecule has 3 rings (SSSR count). The average molecular weight is 469 g/mol. The van der Waals surface area contributed by atoms with Crippen LogP contribution in [0, 0.1) is 11.6 Å². The zero-order valence-corrected chi connectivity index (χ0v) is 17.6. The molecule has 3 aromatic rings. The van der Waals surface area contributed by atoms with Crippen molar-refractivity contribution < 1.29 is 36.8 Å². The Bertz CT molecular complexity index is 1150. The first-order valence-corrected chi connectivity index (χ1v) is 9.57. The molecule has 33 heavy (non-hydrogen) atoms. The fraction of sp³-hybridized carbons (Fsp3) is 0.286. The van der Waals surface area contributed by atoms with Crippen LogP contribution < -0.4 is 5.11 Å². The molecule has 1 unspecified atom stereocenters. The van der Waals surface area contributed by atoms with E-state index in [0.29, 0.717) is 12.1 Å². The van der Waals surface area contributed by atoms with E-state index in [4.69, 9.17) is 0 Å². The van der Waals surface area contributed by atoms with Crippen molar-refractivity contribution in [3.8, 4) is 0 Å². The smallest absolute Gasteiger partial charge is 0.416 e. The quantitative estimate of drug-likeness (QED) is 0.189. The van der Waals surface area contributed by atoms with Crippen LogP contribution in [0.2, 0.25) is 0 Å². The monoisotopic (exact) mass is 469 g/mol. The molecule has 0 saturated carbocycles. The summed E-state index contributed by atoms with van der Waals surface area (Å²) in [5.41, 5.74) is -3.62. The molecule has 1 atom stereocenters. The number of quaternary nitrogens is 1. The van der Waals surface area contributed by atoms with Crippen LogP contribution in [0.4, 0.5) is 22.0 Å². The highest BCUT2D eigenvalue weighted by Crippen LogP contribution is 2.31. The van der Waals surface area contributed by atoms with Crippen molar-refractivity contribution in [1.29, 1.82) is 0 Å². The molecule has 176 valence electrons. The van der Waals surface area contributed by atoms with E-state index in [1.165, 1.54) is 37.5 Å². The van der Waals surface area contributed by atoms with Gasteiger partial charge < -0.3 is 10.2 Å². The van der Waals surface area contributed by atoms with E-state index >= 15 is 0 Å². The second kappa shape index (κ2) is 8.87. The molecule has 0 spiro atoms. The van der Waals surface area contributed by atoms with E-state index < -0.39 is 46.0 Å². The van der Waals surface area contributed by atoms with Crippen LogP contribution in [0.15, 0.2) is 60.2 Å². The van der Waals surface area contributed by atoms with Gasteiger partial charge in [0.15, 0.2) is 5.60 Å². The van der Waals surface area contributed by atoms with Gasteiger partial charge in [-0.15, -0.1) is 0 Å². The summed E-state index contributed by atoms with van der Waals surface area (Å²) in [5.74, 6) is -2.84. The SMILES string of the molecule is C[N+](C)(CC(O)(Cn1cncn1)c1ccc(F)cc1F)/N=C(\[O-])c1cccc(C(F)(F)F)c1. The number of nitrogens with zero attached hydrogens (tertiary/aromatic N) is 5. The summed E-state index contributed by atoms with van der Waals surface area (Å²) in [5, 5.41) is 31.8. The van der Waals surface area contributed by atoms with Crippen molar-refractivity contribution in [1.82, 2.24) is 14.8 Å². The van der Waals surface area contributed by atoms with E-state index in [-0.39, 0.29) is 17.7 Å². The molecular formula is C21H20F5N5O2. The second-order valence-corrected chi connectivity index (χ2v) is 8.01. The number of likely N-dealkylation sites (N-methyl/N-ethyl adjacent to an activating group) is 1. The zero-order chi connectivity index (χ0) is 24.4. The van der Waals surface area contributed by atoms with Gasteiger partial charge in [-0.1, -0.05) is 17.2 Å². The molecule has 0 saturated heterocycles. The minimum atomic E-state index is -4.64. The highest BCUT2D eigenvalue weighted by molar-refractivity contribution is 5.90. The first-order valence-electron chi connectivity index (χ1n) is 9.57. The van der Waals surface area contributed by atoms with Gasteiger partial charge in [-0.2, -0.15) is 18.3 Å². The van der Waals surface area contributed by atoms with Crippen molar-refractivity contribution in [3.05, 3.63) is 83.4 Å². The Balaban J connectivity index is 1.97. The molecule has 0 fully saturated rings. The first-order chi connectivity index (χ1) is 15.3. The Kier molecular flexibility index (Phi) is 6.52. The predicted octanol–water partition coefficient (Wildman–Crippen LogP) is 2.26. The largest absolute Gasteiger partial charge is 0.855 e. The normalized spacial score (nSPS) is 14.8. The Morgan fingerprint density at radius 1 is 1.15 bits per heavy atom. The van der Waals surface area contributed by atoms with Crippen LogP contribution in [0.3, 0.4) is 0 Å². The Hall–Kier alpha value is -3.38. The van der Waals surface area contributed by atoms with E-state index in [2.05, 4.69) is 15.2 Å². The molecule has 0 aliphatic rings. The molecule has 12 heteroatoms. The van der Waals surface area contributed by atoms with Crippen LogP contribution in [0.25, 0.3) is 0 Å². The lowest BCUT2D eigenvalue weighted by Gasteiger charge is -2.35. The van der Waals surface area contributed by atoms with Gasteiger partial charge in [0.2, 0.25) is 0 Å². The lowest BCUT2D eigenvalue weighted by molar-refractivity contribution is -0.905. The summed E-state index contributed by atoms with van der Waals surface area (Å²) >= 11 is 0. The van der Waals surface area contributed by atoms with Crippen LogP contribution >= 0.6 is 0 Å². The van der Waals surface area contributed by atoms with E-state index in [1.54, 1.807) is 0 Å². The summed E-state index contributed by atoms with van der Waals surface area (Å²) in [6.45, 7) is -0.718. The third kappa shape index (κ3) is 5.90. The maximum atomic E-state index is 14.6. The standard InChI is InChI=1S/C21H20F5N5O2/c1-31(2,29-19(32)14-4-3-5-15(8-14)21(24,25)26)11-20(33,10-30-13-27-12-28-30)17-7-6-16(22)9-18(17)23/h3-9,12-13,33H,10-11H2,1-2H3. The maximum Gasteiger partial charge on any atom is 0.416 e. The lowest BCUT2D eigenvalue weighted by atomic mass is 9.92. The molecule has 0 bridgehead atoms. The van der Waals surface area contributed by atoms with E-state index in [1.807, 2.05) is 0 Å². The van der Waals surface area contributed by atoms with Crippen molar-refractivity contribution >= 4 is 5.90 Å². The molecule has 0 amide bonds. The molecule has 0 aliphatic heterocycles. The van der Waals surface area contributed by atoms with Crippen LogP contribution in [-0.2, 0) is 18.3 Å². The summed E-state index contributed by atoms with van der Waals surface area (Å²) in [7, 11) is 2.80. The van der Waals surface area contributed by atoms with Gasteiger partial charge in [0.25, 0.3) is 0 Å². The summed E-state index contributed by atoms with van der Waals surface area (Å²) in [6.07, 6.45) is -2.17. The highest BCUT2D eigenvalue weighted by atomic mass is 19.4. The van der Waals surface area contributed by atoms with Gasteiger partial charge in [0, 0.05) is 11.6 Å². The van der Waals surface area contributed by atoms with Crippen molar-refractivity contribution in [3.63, 3.8) is 0 Å². The molecule has 0 radical (unpaired) electrons. The Morgan fingerprint density at radius 2 is 1.88 bits per heavy atom. The minimum Gasteiger partial charge on any atom is -0.855 e. The van der Waals surface area contributed by atoms with Gasteiger partial charge in [0.1, 0.15) is 30.8 Å². The number of alkyl halides is 3. The summed E-state index contributed by atoms with van der Waals surface area (Å²) in [4.78, 5) is 3.76. The predicted molar refractivity (Wildman–Crippen MR) is 105 cm³/mol. The average Bonchev–Trinajstić information content (AvgIpc) is 3.18. The topological polar surface area (TPSA) is 86.4 Å². The summed E-state index contributed by atoms with van der Waals surface area (Å²) < 4.78 is 67.6. The van der Waals surface area contributed by atoms with Crippen molar-refractivity contribution in [2.45, 2.75) is 18.3 Å². The molecule has 7 nitrogen and oxygen atoms in total. The number of aromatic nitrogens is 3. The van der Waals surface area contributed by atoms with E-state index in [9.17, 15) is 32.2 Å². The van der Waals surface area contributed by atoms with Crippen molar-refractivity contribution in [2.24, 2.45) is 5.10 Å². The Labute approximate surface area is 185 Å². The number of halogens is 5. The highest BCUT2D eigenvalue weighted by Gasteiger charge is 2.40. The van der Waals surface area contributed by atoms with Gasteiger partial charge >= 0.3 is 6.18 Å². The third-order valence-corrected chi connectivity index (χ3v) is 4.77. The van der Waals surface area contributed by atoms with Gasteiger partial charge in [-0.25, -0.2) is 23.0 Å². The molecule has 1 N–H and O–H groups in total. The number of hydrogen-bond acceptors (Lipinski definition) is 5. The van der Waals surface area contributed by atoms with Gasteiger partial charge in [-0.05, 0) is 29.8 Å². The van der Waals surface area contributed by atoms with Gasteiger partial charge in [0.05, 0.1) is 32.1 Å². The van der Waals surface area contributed by atoms with Crippen LogP contribution in [-0.4, -0.2) is 51.0 Å². The third-order valence-electron chi connectivity index (χ3n) is 4.77. The number of benzene rings is 2. The van der Waals surface area contributed by atoms with Crippen LogP contribution in [0.5, 0.6) is 0 Å². The first kappa shape index (κ1) is 24.3. The number of aliphatic hydroxyl groups is 1. The Morgan fingerprint density at radius 3 is 2.48 bits per heavy atom. The number of rotatable bonds is 7. The van der Waals surface area contributed by atoms with Crippen molar-refractivity contribution in [2.75, 3.05) is 20.6 Å². The van der Waals surface area contributed by atoms with Crippen LogP contribution in [0.1, 0.15) is 16.7 Å². The molecule has 1 aromatic heterocycles. The molecular weight excluding hydrogens is 449 g/mol. The second-order valence-electron chi connectivity index (χ2n) is 8.01. The molecule has 1 heterocycles. The number of hydrogen-bond donors (Lipinski definition) is 1. The summed E-state index contributed by atoms with van der Waals surface area (Å²) in [6, 6.07) is 6.40. The maximum absolute atomic E-state index is 14.6. The molecule has 2 aromatic carbocycles. The minimum absolute atomic E-state index is 0.271. The molecule has 0 aliphatic carbocycles. The van der Waals surface area contributed by atoms with Gasteiger partial charge in [-0.3, -0.25) is 0 Å².